The van der Waals surface area contributed by atoms with E-state index in [1.165, 1.54) is 17.1 Å². The van der Waals surface area contributed by atoms with Crippen LogP contribution >= 0.6 is 0 Å². The van der Waals surface area contributed by atoms with E-state index in [0.717, 1.165) is 39.1 Å². The summed E-state index contributed by atoms with van der Waals surface area (Å²) in [5.74, 6) is 0.250. The molecule has 0 radical (unpaired) electrons. The van der Waals surface area contributed by atoms with Gasteiger partial charge in [-0.1, -0.05) is 6.92 Å². The third kappa shape index (κ3) is 6.70. The maximum Gasteiger partial charge on any atom is 0.213 e. The van der Waals surface area contributed by atoms with Crippen LogP contribution in [0.25, 0.3) is 0 Å². The van der Waals surface area contributed by atoms with Crippen LogP contribution in [0.1, 0.15) is 32.6 Å². The predicted octanol–water partition coefficient (Wildman–Crippen LogP) is 0.734. The maximum atomic E-state index is 12.0. The molecule has 0 aliphatic carbocycles. The van der Waals surface area contributed by atoms with E-state index in [-0.39, 0.29) is 5.75 Å². The zero-order valence-electron chi connectivity index (χ0n) is 12.4. The van der Waals surface area contributed by atoms with E-state index in [9.17, 15) is 8.42 Å². The molecular formula is C13H29N3O2S. The minimum absolute atomic E-state index is 0.250. The summed E-state index contributed by atoms with van der Waals surface area (Å²) in [6.07, 6.45) is 4.28. The molecule has 1 fully saturated rings. The van der Waals surface area contributed by atoms with Crippen molar-refractivity contribution >= 4 is 10.0 Å². The van der Waals surface area contributed by atoms with Gasteiger partial charge in [-0.3, -0.25) is 0 Å². The van der Waals surface area contributed by atoms with Crippen molar-refractivity contribution in [1.82, 2.24) is 14.5 Å². The second-order valence-electron chi connectivity index (χ2n) is 5.29. The van der Waals surface area contributed by atoms with E-state index in [4.69, 9.17) is 0 Å². The van der Waals surface area contributed by atoms with Crippen molar-refractivity contribution in [3.05, 3.63) is 0 Å². The summed E-state index contributed by atoms with van der Waals surface area (Å²) in [7, 11) is -1.37. The number of sulfonamides is 1. The monoisotopic (exact) mass is 291 g/mol. The number of hydrogen-bond acceptors (Lipinski definition) is 4. The van der Waals surface area contributed by atoms with Crippen molar-refractivity contribution in [2.75, 3.05) is 52.1 Å². The third-order valence-corrected chi connectivity index (χ3v) is 5.52. The van der Waals surface area contributed by atoms with Gasteiger partial charge in [-0.2, -0.15) is 0 Å². The standard InChI is InChI=1S/C13H29N3O2S/c1-3-7-14-8-6-13-19(17,18)15(2)11-12-16-9-4-5-10-16/h14H,3-13H2,1-2H3. The molecule has 1 heterocycles. The average molecular weight is 291 g/mol. The quantitative estimate of drug-likeness (QED) is 0.603. The predicted molar refractivity (Wildman–Crippen MR) is 79.9 cm³/mol. The first-order valence-corrected chi connectivity index (χ1v) is 9.04. The van der Waals surface area contributed by atoms with Crippen LogP contribution in [0.4, 0.5) is 0 Å². The van der Waals surface area contributed by atoms with Gasteiger partial charge in [-0.05, 0) is 51.9 Å². The van der Waals surface area contributed by atoms with Crippen molar-refractivity contribution < 1.29 is 8.42 Å². The van der Waals surface area contributed by atoms with E-state index in [1.807, 2.05) is 0 Å². The van der Waals surface area contributed by atoms with E-state index in [0.29, 0.717) is 13.0 Å². The number of hydrogen-bond donors (Lipinski definition) is 1. The van der Waals surface area contributed by atoms with Crippen LogP contribution < -0.4 is 5.32 Å². The fraction of sp³-hybridized carbons (Fsp3) is 1.00. The highest BCUT2D eigenvalue weighted by atomic mass is 32.2. The van der Waals surface area contributed by atoms with Crippen LogP contribution in [0.2, 0.25) is 0 Å². The molecule has 114 valence electrons. The highest BCUT2D eigenvalue weighted by Crippen LogP contribution is 2.07. The Labute approximate surface area is 118 Å². The van der Waals surface area contributed by atoms with Crippen molar-refractivity contribution in [3.8, 4) is 0 Å². The Morgan fingerprint density at radius 1 is 1.21 bits per heavy atom. The molecule has 1 aliphatic heterocycles. The fourth-order valence-electron chi connectivity index (χ4n) is 2.26. The van der Waals surface area contributed by atoms with Gasteiger partial charge in [0, 0.05) is 20.1 Å². The molecule has 0 bridgehead atoms. The molecule has 0 spiro atoms. The summed E-state index contributed by atoms with van der Waals surface area (Å²) in [4.78, 5) is 2.34. The Morgan fingerprint density at radius 2 is 1.89 bits per heavy atom. The zero-order valence-corrected chi connectivity index (χ0v) is 13.2. The lowest BCUT2D eigenvalue weighted by Gasteiger charge is -2.21. The fourth-order valence-corrected chi connectivity index (χ4v) is 3.45. The number of rotatable bonds is 10. The van der Waals surface area contributed by atoms with Crippen molar-refractivity contribution in [2.24, 2.45) is 0 Å². The second kappa shape index (κ2) is 8.89. The van der Waals surface area contributed by atoms with Gasteiger partial charge < -0.3 is 10.2 Å². The molecule has 1 N–H and O–H groups in total. The van der Waals surface area contributed by atoms with Crippen LogP contribution in [-0.2, 0) is 10.0 Å². The van der Waals surface area contributed by atoms with Gasteiger partial charge in [0.25, 0.3) is 0 Å². The second-order valence-corrected chi connectivity index (χ2v) is 7.49. The Bertz CT molecular complexity index is 327. The zero-order chi connectivity index (χ0) is 14.1. The number of nitrogens with zero attached hydrogens (tertiary/aromatic N) is 2. The van der Waals surface area contributed by atoms with E-state index >= 15 is 0 Å². The first kappa shape index (κ1) is 16.9. The Balaban J connectivity index is 2.18. The molecule has 1 rings (SSSR count). The van der Waals surface area contributed by atoms with Crippen molar-refractivity contribution in [3.63, 3.8) is 0 Å². The summed E-state index contributed by atoms with van der Waals surface area (Å²) in [5.41, 5.74) is 0. The van der Waals surface area contributed by atoms with Crippen LogP contribution in [0, 0.1) is 0 Å². The van der Waals surface area contributed by atoms with E-state index in [2.05, 4.69) is 17.1 Å². The highest BCUT2D eigenvalue weighted by molar-refractivity contribution is 7.89. The summed E-state index contributed by atoms with van der Waals surface area (Å²) < 4.78 is 25.6. The molecular weight excluding hydrogens is 262 g/mol. The molecule has 0 aromatic carbocycles. The van der Waals surface area contributed by atoms with E-state index in [1.54, 1.807) is 7.05 Å². The smallest absolute Gasteiger partial charge is 0.213 e. The van der Waals surface area contributed by atoms with Gasteiger partial charge in [0.2, 0.25) is 10.0 Å². The first-order valence-electron chi connectivity index (χ1n) is 7.43. The topological polar surface area (TPSA) is 52.7 Å². The van der Waals surface area contributed by atoms with Crippen LogP contribution in [0.15, 0.2) is 0 Å². The molecule has 0 aromatic rings. The minimum Gasteiger partial charge on any atom is -0.317 e. The van der Waals surface area contributed by atoms with Gasteiger partial charge in [-0.15, -0.1) is 0 Å². The largest absolute Gasteiger partial charge is 0.317 e. The molecule has 0 saturated carbocycles. The molecule has 6 heteroatoms. The molecule has 0 atom stereocenters. The number of likely N-dealkylation sites (N-methyl/N-ethyl adjacent to an activating group) is 1. The lowest BCUT2D eigenvalue weighted by molar-refractivity contribution is 0.310. The van der Waals surface area contributed by atoms with E-state index < -0.39 is 10.0 Å². The Hall–Kier alpha value is -0.170. The first-order chi connectivity index (χ1) is 9.06. The Kier molecular flexibility index (Phi) is 7.90. The maximum absolute atomic E-state index is 12.0. The Morgan fingerprint density at radius 3 is 2.53 bits per heavy atom. The lowest BCUT2D eigenvalue weighted by atomic mass is 10.4. The summed E-state index contributed by atoms with van der Waals surface area (Å²) in [6, 6.07) is 0. The summed E-state index contributed by atoms with van der Waals surface area (Å²) in [5, 5.41) is 3.23. The molecule has 1 aliphatic rings. The molecule has 1 saturated heterocycles. The van der Waals surface area contributed by atoms with Gasteiger partial charge in [0.15, 0.2) is 0 Å². The van der Waals surface area contributed by atoms with Crippen LogP contribution in [-0.4, -0.2) is 69.7 Å². The van der Waals surface area contributed by atoms with Crippen molar-refractivity contribution in [2.45, 2.75) is 32.6 Å². The molecule has 19 heavy (non-hydrogen) atoms. The molecule has 0 unspecified atom stereocenters. The number of likely N-dealkylation sites (tertiary alicyclic amines) is 1. The van der Waals surface area contributed by atoms with Crippen LogP contribution in [0.3, 0.4) is 0 Å². The van der Waals surface area contributed by atoms with Gasteiger partial charge in [0.05, 0.1) is 5.75 Å². The lowest BCUT2D eigenvalue weighted by Crippen LogP contribution is -2.36. The average Bonchev–Trinajstić information content (AvgIpc) is 2.88. The van der Waals surface area contributed by atoms with Gasteiger partial charge in [-0.25, -0.2) is 12.7 Å². The van der Waals surface area contributed by atoms with Gasteiger partial charge in [0.1, 0.15) is 0 Å². The normalized spacial score (nSPS) is 17.4. The number of nitrogens with one attached hydrogen (secondary N) is 1. The van der Waals surface area contributed by atoms with Crippen LogP contribution in [0.5, 0.6) is 0 Å². The van der Waals surface area contributed by atoms with Gasteiger partial charge >= 0.3 is 0 Å². The SMILES string of the molecule is CCCNCCCS(=O)(=O)N(C)CCN1CCCC1. The molecule has 5 nitrogen and oxygen atoms in total. The molecule has 0 aromatic heterocycles. The highest BCUT2D eigenvalue weighted by Gasteiger charge is 2.19. The minimum atomic E-state index is -3.07. The summed E-state index contributed by atoms with van der Waals surface area (Å²) in [6.45, 7) is 7.58. The third-order valence-electron chi connectivity index (χ3n) is 3.59. The van der Waals surface area contributed by atoms with Crippen molar-refractivity contribution in [1.29, 1.82) is 0 Å². The summed E-state index contributed by atoms with van der Waals surface area (Å²) >= 11 is 0. The molecule has 0 amide bonds.